The highest BCUT2D eigenvalue weighted by Gasteiger charge is 2.20. The van der Waals surface area contributed by atoms with Crippen LogP contribution in [-0.4, -0.2) is 50.6 Å². The van der Waals surface area contributed by atoms with Crippen LogP contribution in [0.1, 0.15) is 55.9 Å². The Balaban J connectivity index is -0.000000238. The summed E-state index contributed by atoms with van der Waals surface area (Å²) in [4.78, 5) is 4.46. The van der Waals surface area contributed by atoms with Crippen LogP contribution in [0.4, 0.5) is 0 Å². The maximum Gasteiger partial charge on any atom is 0.0109 e. The molecule has 0 saturated heterocycles. The van der Waals surface area contributed by atoms with E-state index < -0.39 is 0 Å². The summed E-state index contributed by atoms with van der Waals surface area (Å²) in [7, 11) is 8.45. The van der Waals surface area contributed by atoms with Crippen LogP contribution >= 0.6 is 0 Å². The molecule has 0 aliphatic heterocycles. The van der Waals surface area contributed by atoms with Gasteiger partial charge in [-0.05, 0) is 45.9 Å². The monoisotopic (exact) mass is 260 g/mol. The quantitative estimate of drug-likeness (QED) is 0.734. The number of hydrogen-bond acceptors (Lipinski definition) is 2. The SMILES string of the molecule is C.CC(N(C)C)C(C)(C)C.CN(C)CC(C)(C)C. The fourth-order valence-electron chi connectivity index (χ4n) is 1.72. The highest BCUT2D eigenvalue weighted by molar-refractivity contribution is 4.74. The third kappa shape index (κ3) is 15.9. The summed E-state index contributed by atoms with van der Waals surface area (Å²) < 4.78 is 0. The first-order valence-electron chi connectivity index (χ1n) is 6.58. The second-order valence-electron chi connectivity index (χ2n) is 7.80. The number of rotatable bonds is 2. The van der Waals surface area contributed by atoms with E-state index in [4.69, 9.17) is 0 Å². The highest BCUT2D eigenvalue weighted by Crippen LogP contribution is 2.21. The van der Waals surface area contributed by atoms with Gasteiger partial charge in [0.1, 0.15) is 0 Å². The maximum atomic E-state index is 2.26. The predicted molar refractivity (Wildman–Crippen MR) is 87.3 cm³/mol. The lowest BCUT2D eigenvalue weighted by Gasteiger charge is -2.32. The molecular weight excluding hydrogens is 220 g/mol. The van der Waals surface area contributed by atoms with Crippen molar-refractivity contribution in [3.05, 3.63) is 0 Å². The Morgan fingerprint density at radius 3 is 1.17 bits per heavy atom. The van der Waals surface area contributed by atoms with Gasteiger partial charge in [-0.3, -0.25) is 0 Å². The van der Waals surface area contributed by atoms with Crippen molar-refractivity contribution in [2.45, 2.75) is 61.9 Å². The van der Waals surface area contributed by atoms with Crippen molar-refractivity contribution in [2.75, 3.05) is 34.7 Å². The molecular formula is C16H40N2. The molecule has 0 aromatic heterocycles. The summed E-state index contributed by atoms with van der Waals surface area (Å²) in [5, 5.41) is 0. The lowest BCUT2D eigenvalue weighted by atomic mass is 9.87. The largest absolute Gasteiger partial charge is 0.309 e. The molecule has 0 aliphatic carbocycles. The van der Waals surface area contributed by atoms with Crippen LogP contribution in [0, 0.1) is 10.8 Å². The van der Waals surface area contributed by atoms with E-state index in [-0.39, 0.29) is 7.43 Å². The first kappa shape index (κ1) is 23.0. The molecule has 2 heteroatoms. The van der Waals surface area contributed by atoms with E-state index >= 15 is 0 Å². The van der Waals surface area contributed by atoms with Gasteiger partial charge in [-0.2, -0.15) is 0 Å². The van der Waals surface area contributed by atoms with Gasteiger partial charge in [-0.25, -0.2) is 0 Å². The molecule has 0 spiro atoms. The second-order valence-corrected chi connectivity index (χ2v) is 7.80. The van der Waals surface area contributed by atoms with Crippen LogP contribution in [0.25, 0.3) is 0 Å². The molecule has 18 heavy (non-hydrogen) atoms. The highest BCUT2D eigenvalue weighted by atomic mass is 15.1. The van der Waals surface area contributed by atoms with Crippen molar-refractivity contribution in [3.8, 4) is 0 Å². The fraction of sp³-hybridized carbons (Fsp3) is 1.00. The molecule has 114 valence electrons. The van der Waals surface area contributed by atoms with Crippen LogP contribution in [0.3, 0.4) is 0 Å². The summed E-state index contributed by atoms with van der Waals surface area (Å²) in [6, 6.07) is 0.650. The Morgan fingerprint density at radius 2 is 1.17 bits per heavy atom. The molecule has 0 N–H and O–H groups in total. The summed E-state index contributed by atoms with van der Waals surface area (Å²) >= 11 is 0. The van der Waals surface area contributed by atoms with E-state index in [9.17, 15) is 0 Å². The third-order valence-corrected chi connectivity index (χ3v) is 2.82. The van der Waals surface area contributed by atoms with Crippen molar-refractivity contribution < 1.29 is 0 Å². The zero-order chi connectivity index (χ0) is 14.4. The lowest BCUT2D eigenvalue weighted by molar-refractivity contribution is 0.169. The molecule has 0 heterocycles. The minimum atomic E-state index is 0. The molecule has 0 fully saturated rings. The Bertz CT molecular complexity index is 182. The van der Waals surface area contributed by atoms with E-state index in [0.29, 0.717) is 16.9 Å². The smallest absolute Gasteiger partial charge is 0.0109 e. The molecule has 0 aliphatic rings. The first-order valence-corrected chi connectivity index (χ1v) is 6.58. The molecule has 2 nitrogen and oxygen atoms in total. The van der Waals surface area contributed by atoms with Gasteiger partial charge in [0.05, 0.1) is 0 Å². The van der Waals surface area contributed by atoms with Crippen molar-refractivity contribution in [1.29, 1.82) is 0 Å². The van der Waals surface area contributed by atoms with Gasteiger partial charge in [-0.1, -0.05) is 49.0 Å². The normalized spacial score (nSPS) is 13.8. The first-order chi connectivity index (χ1) is 7.27. The van der Waals surface area contributed by atoms with Gasteiger partial charge in [-0.15, -0.1) is 0 Å². The van der Waals surface area contributed by atoms with Crippen molar-refractivity contribution in [3.63, 3.8) is 0 Å². The summed E-state index contributed by atoms with van der Waals surface area (Å²) in [5.74, 6) is 0. The van der Waals surface area contributed by atoms with Crippen LogP contribution < -0.4 is 0 Å². The van der Waals surface area contributed by atoms with E-state index in [2.05, 4.69) is 86.5 Å². The summed E-state index contributed by atoms with van der Waals surface area (Å²) in [6.07, 6.45) is 0. The zero-order valence-electron chi connectivity index (χ0n) is 14.2. The van der Waals surface area contributed by atoms with E-state index in [1.807, 2.05) is 0 Å². The van der Waals surface area contributed by atoms with Crippen LogP contribution in [0.2, 0.25) is 0 Å². The molecule has 1 unspecified atom stereocenters. The van der Waals surface area contributed by atoms with Crippen LogP contribution in [0.15, 0.2) is 0 Å². The molecule has 0 aromatic carbocycles. The molecule has 0 rings (SSSR count). The maximum absolute atomic E-state index is 2.26. The Kier molecular flexibility index (Phi) is 11.4. The van der Waals surface area contributed by atoms with E-state index in [1.165, 1.54) is 0 Å². The lowest BCUT2D eigenvalue weighted by Crippen LogP contribution is -2.36. The Hall–Kier alpha value is -0.0800. The van der Waals surface area contributed by atoms with Crippen molar-refractivity contribution >= 4 is 0 Å². The minimum absolute atomic E-state index is 0. The average Bonchev–Trinajstić information content (AvgIpc) is 1.96. The number of hydrogen-bond donors (Lipinski definition) is 0. The van der Waals surface area contributed by atoms with Gasteiger partial charge in [0, 0.05) is 12.6 Å². The van der Waals surface area contributed by atoms with Gasteiger partial charge in [0.25, 0.3) is 0 Å². The van der Waals surface area contributed by atoms with Gasteiger partial charge < -0.3 is 9.80 Å². The molecule has 0 bridgehead atoms. The van der Waals surface area contributed by atoms with Crippen LogP contribution in [-0.2, 0) is 0 Å². The number of nitrogens with zero attached hydrogens (tertiary/aromatic N) is 2. The Labute approximate surface area is 118 Å². The van der Waals surface area contributed by atoms with Gasteiger partial charge in [0.2, 0.25) is 0 Å². The van der Waals surface area contributed by atoms with E-state index in [0.717, 1.165) is 6.54 Å². The molecule has 0 saturated carbocycles. The molecule has 0 aromatic rings. The van der Waals surface area contributed by atoms with Crippen molar-refractivity contribution in [1.82, 2.24) is 9.80 Å². The molecule has 0 amide bonds. The minimum Gasteiger partial charge on any atom is -0.309 e. The third-order valence-electron chi connectivity index (χ3n) is 2.82. The fourth-order valence-corrected chi connectivity index (χ4v) is 1.72. The second kappa shape index (κ2) is 8.92. The van der Waals surface area contributed by atoms with E-state index in [1.54, 1.807) is 0 Å². The topological polar surface area (TPSA) is 6.48 Å². The zero-order valence-corrected chi connectivity index (χ0v) is 14.2. The summed E-state index contributed by atoms with van der Waals surface area (Å²) in [5.41, 5.74) is 0.854. The molecule has 1 atom stereocenters. The average molecular weight is 261 g/mol. The van der Waals surface area contributed by atoms with Gasteiger partial charge in [0.15, 0.2) is 0 Å². The standard InChI is InChI=1S/C8H19N.C7H17N.CH4/c1-7(9(5)6)8(2,3)4;1-7(2,3)6-8(4)5;/h7H,1-6H3;6H2,1-5H3;1H4. The van der Waals surface area contributed by atoms with Crippen LogP contribution in [0.5, 0.6) is 0 Å². The molecule has 0 radical (unpaired) electrons. The summed E-state index contributed by atoms with van der Waals surface area (Å²) in [6.45, 7) is 16.9. The predicted octanol–water partition coefficient (Wildman–Crippen LogP) is 4.21. The van der Waals surface area contributed by atoms with Gasteiger partial charge >= 0.3 is 0 Å². The Morgan fingerprint density at radius 1 is 0.833 bits per heavy atom. The van der Waals surface area contributed by atoms with Crippen molar-refractivity contribution in [2.24, 2.45) is 10.8 Å².